The molecule has 5 heterocycles. The van der Waals surface area contributed by atoms with Crippen molar-refractivity contribution in [3.63, 3.8) is 0 Å². The number of H-pyrrole nitrogens is 1. The molecule has 0 saturated carbocycles. The minimum absolute atomic E-state index is 0.197. The number of alkyl halides is 3. The third kappa shape index (κ3) is 4.13. The van der Waals surface area contributed by atoms with Gasteiger partial charge in [-0.25, -0.2) is 4.79 Å². The number of nitrogens with one attached hydrogen (secondary N) is 2. The number of carbonyl (C=O) groups excluding carboxylic acids is 3. The average molecular weight is 606 g/mol. The van der Waals surface area contributed by atoms with Crippen molar-refractivity contribution < 1.29 is 37.5 Å². The lowest BCUT2D eigenvalue weighted by Crippen LogP contribution is -2.43. The summed E-state index contributed by atoms with van der Waals surface area (Å²) in [5, 5.41) is 13.3. The second-order valence-electron chi connectivity index (χ2n) is 11.5. The number of para-hydroxylation sites is 2. The lowest BCUT2D eigenvalue weighted by atomic mass is 9.93. The second kappa shape index (κ2) is 9.81. The maximum absolute atomic E-state index is 13.2. The van der Waals surface area contributed by atoms with Gasteiger partial charge in [-0.2, -0.15) is 13.2 Å². The van der Waals surface area contributed by atoms with Gasteiger partial charge in [-0.05, 0) is 43.4 Å². The molecule has 1 saturated heterocycles. The number of aromatic nitrogens is 2. The number of carboxylic acid groups (broad SMARTS) is 1. The topological polar surface area (TPSA) is 151 Å². The fraction of sp³-hybridized carbons (Fsp3) is 0.290. The number of aromatic amines is 1. The summed E-state index contributed by atoms with van der Waals surface area (Å²) >= 11 is 0. The van der Waals surface area contributed by atoms with Gasteiger partial charge in [0.05, 0.1) is 33.7 Å². The number of aliphatic carboxylic acids is 1. The van der Waals surface area contributed by atoms with Crippen molar-refractivity contribution in [1.29, 1.82) is 0 Å². The van der Waals surface area contributed by atoms with E-state index in [1.807, 2.05) is 30.3 Å². The van der Waals surface area contributed by atoms with Gasteiger partial charge >= 0.3 is 12.1 Å². The Balaban J connectivity index is 0.000000403. The van der Waals surface area contributed by atoms with Crippen molar-refractivity contribution in [3.05, 3.63) is 59.2 Å². The van der Waals surface area contributed by atoms with Crippen molar-refractivity contribution in [2.75, 3.05) is 13.1 Å². The van der Waals surface area contributed by atoms with Crippen LogP contribution in [0.2, 0.25) is 0 Å². The van der Waals surface area contributed by atoms with Crippen LogP contribution in [0.25, 0.3) is 43.6 Å². The number of halogens is 3. The maximum atomic E-state index is 13.2. The van der Waals surface area contributed by atoms with Gasteiger partial charge in [-0.3, -0.25) is 24.6 Å². The van der Waals surface area contributed by atoms with Crippen LogP contribution < -0.4 is 11.1 Å². The van der Waals surface area contributed by atoms with Gasteiger partial charge in [-0.1, -0.05) is 36.4 Å². The standard InChI is InChI=1S/C29H25N5O3.C2HF3O2/c30-27(35)19-9-4-10-33(19)12-14-11-15-5-3-7-17-21-23-22(28(36)32-29(23)37)20-16-6-1-2-8-18(16)31-24(20)26(21)34(13-14)25(15)17;3-2(4,5)1(6)7/h1-3,5-8,14,19,31H,4,9-13H2,(H2,30,35)(H,32,36,37);(H,6,7)/t14?,19-;/m0./s1. The second-order valence-corrected chi connectivity index (χ2v) is 11.5. The minimum atomic E-state index is -5.08. The Labute approximate surface area is 246 Å². The largest absolute Gasteiger partial charge is 0.490 e. The molecule has 3 amide bonds. The van der Waals surface area contributed by atoms with E-state index in [2.05, 4.69) is 31.9 Å². The van der Waals surface area contributed by atoms with Gasteiger partial charge in [0.15, 0.2) is 0 Å². The molecule has 1 fully saturated rings. The highest BCUT2D eigenvalue weighted by Gasteiger charge is 2.39. The van der Waals surface area contributed by atoms with Crippen LogP contribution >= 0.6 is 0 Å². The first-order valence-corrected chi connectivity index (χ1v) is 14.1. The maximum Gasteiger partial charge on any atom is 0.490 e. The summed E-state index contributed by atoms with van der Waals surface area (Å²) < 4.78 is 34.1. The fourth-order valence-electron chi connectivity index (χ4n) is 7.31. The molecule has 1 unspecified atom stereocenters. The van der Waals surface area contributed by atoms with Crippen LogP contribution in [0, 0.1) is 5.92 Å². The third-order valence-electron chi connectivity index (χ3n) is 8.92. The van der Waals surface area contributed by atoms with Gasteiger partial charge in [0.25, 0.3) is 11.8 Å². The van der Waals surface area contributed by atoms with Crippen LogP contribution in [0.1, 0.15) is 39.1 Å². The van der Waals surface area contributed by atoms with E-state index in [1.54, 1.807) is 0 Å². The molecule has 3 aromatic carbocycles. The molecule has 2 aromatic heterocycles. The zero-order valence-corrected chi connectivity index (χ0v) is 23.1. The Morgan fingerprint density at radius 2 is 1.66 bits per heavy atom. The predicted molar refractivity (Wildman–Crippen MR) is 155 cm³/mol. The molecule has 0 radical (unpaired) electrons. The molecule has 0 bridgehead atoms. The summed E-state index contributed by atoms with van der Waals surface area (Å²) in [6.07, 6.45) is -2.39. The fourth-order valence-corrected chi connectivity index (χ4v) is 7.31. The highest BCUT2D eigenvalue weighted by Crippen LogP contribution is 2.45. The van der Waals surface area contributed by atoms with Gasteiger partial charge in [0.1, 0.15) is 0 Å². The van der Waals surface area contributed by atoms with Crippen LogP contribution in [-0.4, -0.2) is 68.6 Å². The smallest absolute Gasteiger partial charge is 0.475 e. The van der Waals surface area contributed by atoms with E-state index in [1.165, 1.54) is 5.56 Å². The molecular weight excluding hydrogens is 579 g/mol. The number of nitrogens with zero attached hydrogens (tertiary/aromatic N) is 2. The number of fused-ring (bicyclic) bond motifs is 10. The number of rotatable bonds is 3. The predicted octanol–water partition coefficient (Wildman–Crippen LogP) is 4.07. The van der Waals surface area contributed by atoms with Crippen LogP contribution in [-0.2, 0) is 22.6 Å². The van der Waals surface area contributed by atoms with Crippen LogP contribution in [0.5, 0.6) is 0 Å². The number of hydrogen-bond acceptors (Lipinski definition) is 5. The average Bonchev–Trinajstić information content (AvgIpc) is 3.72. The molecule has 5 aromatic rings. The molecule has 226 valence electrons. The summed E-state index contributed by atoms with van der Waals surface area (Å²) in [5.74, 6) is -3.38. The summed E-state index contributed by atoms with van der Waals surface area (Å²) in [6.45, 7) is 2.44. The number of carbonyl (C=O) groups is 4. The number of primary amides is 1. The zero-order chi connectivity index (χ0) is 31.1. The molecule has 3 aliphatic heterocycles. The SMILES string of the molecule is NC(=O)[C@@H]1CCCN1CC1Cc2cccc3c4c5c(c6c7ccccc7[nH]c6c4n(c23)C1)C(=O)NC5=O.O=C(O)C(F)(F)F. The molecule has 44 heavy (non-hydrogen) atoms. The van der Waals surface area contributed by atoms with Crippen molar-refractivity contribution in [1.82, 2.24) is 19.8 Å². The molecule has 3 aliphatic rings. The van der Waals surface area contributed by atoms with Crippen LogP contribution in [0.4, 0.5) is 13.2 Å². The molecule has 0 aliphatic carbocycles. The highest BCUT2D eigenvalue weighted by atomic mass is 19.4. The number of hydrogen-bond donors (Lipinski definition) is 4. The van der Waals surface area contributed by atoms with Crippen molar-refractivity contribution >= 4 is 67.3 Å². The first-order valence-electron chi connectivity index (χ1n) is 14.1. The molecule has 2 atom stereocenters. The summed E-state index contributed by atoms with van der Waals surface area (Å²) in [6, 6.07) is 14.0. The number of likely N-dealkylation sites (tertiary alicyclic amines) is 1. The Hall–Kier alpha value is -4.91. The molecule has 5 N–H and O–H groups in total. The minimum Gasteiger partial charge on any atom is -0.475 e. The van der Waals surface area contributed by atoms with Crippen molar-refractivity contribution in [2.45, 2.75) is 38.0 Å². The van der Waals surface area contributed by atoms with E-state index in [-0.39, 0.29) is 29.7 Å². The van der Waals surface area contributed by atoms with E-state index in [9.17, 15) is 27.6 Å². The molecule has 10 nitrogen and oxygen atoms in total. The number of carboxylic acids is 1. The van der Waals surface area contributed by atoms with E-state index in [0.717, 1.165) is 82.5 Å². The highest BCUT2D eigenvalue weighted by molar-refractivity contribution is 6.39. The molecule has 13 heteroatoms. The zero-order valence-electron chi connectivity index (χ0n) is 23.1. The normalized spacial score (nSPS) is 19.9. The van der Waals surface area contributed by atoms with Gasteiger partial charge < -0.3 is 20.4 Å². The number of imide groups is 1. The summed E-state index contributed by atoms with van der Waals surface area (Å²) in [5.41, 5.74) is 11.8. The molecule has 8 rings (SSSR count). The molecular formula is C31H26F3N5O5. The number of amides is 3. The summed E-state index contributed by atoms with van der Waals surface area (Å²) in [4.78, 5) is 53.1. The van der Waals surface area contributed by atoms with Crippen molar-refractivity contribution in [2.24, 2.45) is 11.7 Å². The van der Waals surface area contributed by atoms with E-state index < -0.39 is 12.1 Å². The summed E-state index contributed by atoms with van der Waals surface area (Å²) in [7, 11) is 0. The van der Waals surface area contributed by atoms with E-state index >= 15 is 0 Å². The lowest BCUT2D eigenvalue weighted by molar-refractivity contribution is -0.192. The third-order valence-corrected chi connectivity index (χ3v) is 8.92. The van der Waals surface area contributed by atoms with E-state index in [0.29, 0.717) is 11.1 Å². The van der Waals surface area contributed by atoms with Gasteiger partial charge in [-0.15, -0.1) is 0 Å². The molecule has 0 spiro atoms. The van der Waals surface area contributed by atoms with E-state index in [4.69, 9.17) is 15.6 Å². The van der Waals surface area contributed by atoms with Gasteiger partial charge in [0.2, 0.25) is 5.91 Å². The first-order chi connectivity index (χ1) is 21.0. The number of nitrogens with two attached hydrogens (primary N) is 1. The van der Waals surface area contributed by atoms with Gasteiger partial charge in [0, 0.05) is 40.2 Å². The van der Waals surface area contributed by atoms with Crippen LogP contribution in [0.15, 0.2) is 42.5 Å². The lowest BCUT2D eigenvalue weighted by Gasteiger charge is -2.31. The quantitative estimate of drug-likeness (QED) is 0.228. The Kier molecular flexibility index (Phi) is 6.22. The Morgan fingerprint density at radius 3 is 2.36 bits per heavy atom. The monoisotopic (exact) mass is 605 g/mol. The van der Waals surface area contributed by atoms with Crippen molar-refractivity contribution in [3.8, 4) is 0 Å². The Morgan fingerprint density at radius 1 is 0.977 bits per heavy atom. The first kappa shape index (κ1) is 27.9. The Bertz CT molecular complexity index is 2080. The number of benzene rings is 3. The van der Waals surface area contributed by atoms with Crippen LogP contribution in [0.3, 0.4) is 0 Å².